The third kappa shape index (κ3) is 4.43. The van der Waals surface area contributed by atoms with Crippen LogP contribution in [0.25, 0.3) is 10.9 Å². The Labute approximate surface area is 158 Å². The van der Waals surface area contributed by atoms with Crippen LogP contribution in [-0.2, 0) is 16.4 Å². The molecule has 0 spiro atoms. The van der Waals surface area contributed by atoms with Crippen LogP contribution in [0.3, 0.4) is 0 Å². The monoisotopic (exact) mass is 413 g/mol. The van der Waals surface area contributed by atoms with E-state index in [9.17, 15) is 21.6 Å². The zero-order chi connectivity index (χ0) is 20.5. The first-order chi connectivity index (χ1) is 13.1. The minimum atomic E-state index is -4.79. The molecule has 0 amide bonds. The van der Waals surface area contributed by atoms with Gasteiger partial charge < -0.3 is 9.47 Å². The number of aromatic nitrogens is 1. The summed E-state index contributed by atoms with van der Waals surface area (Å²) in [7, 11) is -2.74. The van der Waals surface area contributed by atoms with E-state index in [0.29, 0.717) is 22.7 Å². The average Bonchev–Trinajstić information content (AvgIpc) is 2.60. The van der Waals surface area contributed by atoms with Gasteiger partial charge in [0, 0.05) is 17.6 Å². The summed E-state index contributed by atoms with van der Waals surface area (Å²) in [5.41, 5.74) is -1.04. The van der Waals surface area contributed by atoms with E-state index in [-0.39, 0.29) is 11.4 Å². The maximum Gasteiger partial charge on any atom is 0.420 e. The second-order valence-electron chi connectivity index (χ2n) is 5.65. The van der Waals surface area contributed by atoms with Gasteiger partial charge in [-0.25, -0.2) is 5.14 Å². The number of pyridine rings is 1. The number of methoxy groups -OCH3 is 1. The van der Waals surface area contributed by atoms with Crippen LogP contribution >= 0.6 is 0 Å². The van der Waals surface area contributed by atoms with E-state index in [4.69, 9.17) is 14.6 Å². The molecule has 0 radical (unpaired) electrons. The standard InChI is InChI=1S/C17H14F3N3O4S/c1-26-11-3-4-12-14(9-11)22-7-6-15(12)27-16-5-2-10(23-28(21,24)25)8-13(16)17(18,19)20/h2-9,23H,1H3,(H2,21,24,25). The first-order valence-corrected chi connectivity index (χ1v) is 9.24. The Morgan fingerprint density at radius 2 is 1.82 bits per heavy atom. The first-order valence-electron chi connectivity index (χ1n) is 7.69. The van der Waals surface area contributed by atoms with E-state index >= 15 is 0 Å². The molecule has 28 heavy (non-hydrogen) atoms. The summed E-state index contributed by atoms with van der Waals surface area (Å²) in [6, 6.07) is 9.00. The normalized spacial score (nSPS) is 12.0. The number of hydrogen-bond donors (Lipinski definition) is 2. The number of benzene rings is 2. The summed E-state index contributed by atoms with van der Waals surface area (Å²) in [4.78, 5) is 4.14. The Bertz CT molecular complexity index is 1130. The molecule has 0 aliphatic carbocycles. The highest BCUT2D eigenvalue weighted by Crippen LogP contribution is 2.41. The van der Waals surface area contributed by atoms with Gasteiger partial charge >= 0.3 is 6.18 Å². The summed E-state index contributed by atoms with van der Waals surface area (Å²) in [5, 5.41) is 5.28. The SMILES string of the molecule is COc1ccc2c(Oc3ccc(NS(N)(=O)=O)cc3C(F)(F)F)ccnc2c1. The van der Waals surface area contributed by atoms with Gasteiger partial charge in [-0.3, -0.25) is 9.71 Å². The highest BCUT2D eigenvalue weighted by Gasteiger charge is 2.35. The molecule has 0 bridgehead atoms. The smallest absolute Gasteiger partial charge is 0.420 e. The van der Waals surface area contributed by atoms with E-state index < -0.39 is 27.7 Å². The number of alkyl halides is 3. The van der Waals surface area contributed by atoms with Crippen LogP contribution in [0.4, 0.5) is 18.9 Å². The van der Waals surface area contributed by atoms with Crippen molar-refractivity contribution >= 4 is 26.8 Å². The fourth-order valence-corrected chi connectivity index (χ4v) is 2.96. The molecule has 0 unspecified atom stereocenters. The van der Waals surface area contributed by atoms with E-state index in [1.807, 2.05) is 0 Å². The summed E-state index contributed by atoms with van der Waals surface area (Å²) >= 11 is 0. The number of hydrogen-bond acceptors (Lipinski definition) is 5. The molecule has 0 saturated carbocycles. The molecular formula is C17H14F3N3O4S. The van der Waals surface area contributed by atoms with Gasteiger partial charge in [-0.2, -0.15) is 21.6 Å². The molecule has 148 valence electrons. The molecule has 11 heteroatoms. The van der Waals surface area contributed by atoms with Crippen LogP contribution in [0.2, 0.25) is 0 Å². The van der Waals surface area contributed by atoms with Gasteiger partial charge in [0.1, 0.15) is 22.8 Å². The van der Waals surface area contributed by atoms with Crippen molar-refractivity contribution in [2.75, 3.05) is 11.8 Å². The fraction of sp³-hybridized carbons (Fsp3) is 0.118. The lowest BCUT2D eigenvalue weighted by molar-refractivity contribution is -0.138. The number of anilines is 1. The molecule has 3 rings (SSSR count). The highest BCUT2D eigenvalue weighted by molar-refractivity contribution is 7.90. The van der Waals surface area contributed by atoms with Crippen molar-refractivity contribution in [2.45, 2.75) is 6.18 Å². The summed E-state index contributed by atoms with van der Waals surface area (Å²) in [6.07, 6.45) is -3.40. The predicted octanol–water partition coefficient (Wildman–Crippen LogP) is 3.67. The number of ether oxygens (including phenoxy) is 2. The maximum absolute atomic E-state index is 13.5. The van der Waals surface area contributed by atoms with Gasteiger partial charge in [-0.1, -0.05) is 0 Å². The molecule has 7 nitrogen and oxygen atoms in total. The quantitative estimate of drug-likeness (QED) is 0.664. The minimum absolute atomic E-state index is 0.144. The fourth-order valence-electron chi connectivity index (χ4n) is 2.50. The topological polar surface area (TPSA) is 104 Å². The van der Waals surface area contributed by atoms with Crippen molar-refractivity contribution < 1.29 is 31.1 Å². The lowest BCUT2D eigenvalue weighted by Crippen LogP contribution is -2.22. The Balaban J connectivity index is 2.06. The Hall–Kier alpha value is -3.05. The predicted molar refractivity (Wildman–Crippen MR) is 96.5 cm³/mol. The zero-order valence-electron chi connectivity index (χ0n) is 14.3. The number of nitrogens with two attached hydrogens (primary N) is 1. The molecule has 3 N–H and O–H groups in total. The number of nitrogens with zero attached hydrogens (tertiary/aromatic N) is 1. The summed E-state index contributed by atoms with van der Waals surface area (Å²) in [5.74, 6) is 0.174. The van der Waals surface area contributed by atoms with Gasteiger partial charge in [0.2, 0.25) is 0 Å². The molecule has 1 heterocycles. The lowest BCUT2D eigenvalue weighted by atomic mass is 10.1. The Kier molecular flexibility index (Phi) is 5.04. The van der Waals surface area contributed by atoms with Crippen molar-refractivity contribution in [1.82, 2.24) is 4.98 Å². The number of rotatable bonds is 5. The second-order valence-corrected chi connectivity index (χ2v) is 6.94. The van der Waals surface area contributed by atoms with Crippen LogP contribution < -0.4 is 19.3 Å². The Morgan fingerprint density at radius 1 is 1.07 bits per heavy atom. The molecule has 0 saturated heterocycles. The van der Waals surface area contributed by atoms with E-state index in [2.05, 4.69) is 4.98 Å². The van der Waals surface area contributed by atoms with E-state index in [0.717, 1.165) is 12.1 Å². The van der Waals surface area contributed by atoms with Crippen molar-refractivity contribution in [3.05, 3.63) is 54.2 Å². The van der Waals surface area contributed by atoms with Crippen molar-refractivity contribution in [3.8, 4) is 17.2 Å². The summed E-state index contributed by atoms with van der Waals surface area (Å²) in [6.45, 7) is 0. The zero-order valence-corrected chi connectivity index (χ0v) is 15.1. The van der Waals surface area contributed by atoms with Crippen LogP contribution in [-0.4, -0.2) is 20.5 Å². The lowest BCUT2D eigenvalue weighted by Gasteiger charge is -2.16. The molecule has 0 aliphatic heterocycles. The van der Waals surface area contributed by atoms with Crippen molar-refractivity contribution in [1.29, 1.82) is 0 Å². The molecule has 1 aromatic heterocycles. The number of halogens is 3. The molecule has 0 fully saturated rings. The molecule has 0 atom stereocenters. The highest BCUT2D eigenvalue weighted by atomic mass is 32.2. The van der Waals surface area contributed by atoms with Crippen LogP contribution in [0, 0.1) is 0 Å². The Morgan fingerprint density at radius 3 is 2.46 bits per heavy atom. The van der Waals surface area contributed by atoms with Gasteiger partial charge in [0.15, 0.2) is 0 Å². The minimum Gasteiger partial charge on any atom is -0.497 e. The maximum atomic E-state index is 13.5. The van der Waals surface area contributed by atoms with Crippen LogP contribution in [0.15, 0.2) is 48.7 Å². The third-order valence-corrected chi connectivity index (χ3v) is 4.20. The number of fused-ring (bicyclic) bond motifs is 1. The van der Waals surface area contributed by atoms with Crippen molar-refractivity contribution in [2.24, 2.45) is 5.14 Å². The largest absolute Gasteiger partial charge is 0.497 e. The molecule has 0 aliphatic rings. The third-order valence-electron chi connectivity index (χ3n) is 3.67. The molecule has 3 aromatic rings. The van der Waals surface area contributed by atoms with Crippen LogP contribution in [0.5, 0.6) is 17.2 Å². The average molecular weight is 413 g/mol. The van der Waals surface area contributed by atoms with Gasteiger partial charge in [-0.05, 0) is 36.4 Å². The van der Waals surface area contributed by atoms with Gasteiger partial charge in [0.05, 0.1) is 18.3 Å². The van der Waals surface area contributed by atoms with Crippen molar-refractivity contribution in [3.63, 3.8) is 0 Å². The summed E-state index contributed by atoms with van der Waals surface area (Å²) < 4.78 is 74.9. The van der Waals surface area contributed by atoms with E-state index in [1.54, 1.807) is 22.9 Å². The molecule has 2 aromatic carbocycles. The van der Waals surface area contributed by atoms with Gasteiger partial charge in [0.25, 0.3) is 10.2 Å². The first kappa shape index (κ1) is 19.7. The molecular weight excluding hydrogens is 399 g/mol. The van der Waals surface area contributed by atoms with Crippen LogP contribution in [0.1, 0.15) is 5.56 Å². The second kappa shape index (κ2) is 7.17. The van der Waals surface area contributed by atoms with E-state index in [1.165, 1.54) is 19.4 Å². The number of nitrogens with one attached hydrogen (secondary N) is 1. The van der Waals surface area contributed by atoms with Gasteiger partial charge in [-0.15, -0.1) is 0 Å².